The van der Waals surface area contributed by atoms with Crippen LogP contribution in [0.2, 0.25) is 0 Å². The van der Waals surface area contributed by atoms with E-state index in [-0.39, 0.29) is 12.3 Å². The summed E-state index contributed by atoms with van der Waals surface area (Å²) in [5, 5.41) is 0. The summed E-state index contributed by atoms with van der Waals surface area (Å²) in [4.78, 5) is 22.1. The molecule has 24 heavy (non-hydrogen) atoms. The summed E-state index contributed by atoms with van der Waals surface area (Å²) in [6, 6.07) is 0. The van der Waals surface area contributed by atoms with Gasteiger partial charge in [0.15, 0.2) is 0 Å². The lowest BCUT2D eigenvalue weighted by molar-refractivity contribution is -0.127. The Bertz CT molecular complexity index is 319. The first-order chi connectivity index (χ1) is 11.6. The van der Waals surface area contributed by atoms with Gasteiger partial charge in [-0.3, -0.25) is 9.59 Å². The monoisotopic (exact) mass is 340 g/mol. The third kappa shape index (κ3) is 15.8. The molecule has 0 saturated heterocycles. The maximum Gasteiger partial charge on any atom is 0.221 e. The first-order valence-electron chi connectivity index (χ1n) is 10.2. The molecule has 142 valence electrons. The molecule has 0 fully saturated rings. The van der Waals surface area contributed by atoms with E-state index in [0.717, 1.165) is 12.8 Å². The highest BCUT2D eigenvalue weighted by Crippen LogP contribution is 2.16. The molecular formula is C20H40N2O2. The number of unbranched alkanes of at least 4 members (excludes halogenated alkanes) is 13. The quantitative estimate of drug-likeness (QED) is 0.350. The van der Waals surface area contributed by atoms with Crippen molar-refractivity contribution in [3.63, 3.8) is 0 Å². The van der Waals surface area contributed by atoms with Gasteiger partial charge in [0.2, 0.25) is 11.8 Å². The number of amides is 2. The lowest BCUT2D eigenvalue weighted by atomic mass is 9.96. The van der Waals surface area contributed by atoms with Crippen molar-refractivity contribution in [2.75, 3.05) is 0 Å². The minimum absolute atomic E-state index is 0.0910. The van der Waals surface area contributed by atoms with Gasteiger partial charge in [0, 0.05) is 12.3 Å². The van der Waals surface area contributed by atoms with E-state index in [9.17, 15) is 9.59 Å². The van der Waals surface area contributed by atoms with Crippen molar-refractivity contribution < 1.29 is 9.59 Å². The summed E-state index contributed by atoms with van der Waals surface area (Å²) in [7, 11) is 0. The number of hydrogen-bond acceptors (Lipinski definition) is 2. The molecule has 4 heteroatoms. The number of primary amides is 2. The van der Waals surface area contributed by atoms with E-state index in [0.29, 0.717) is 6.42 Å². The van der Waals surface area contributed by atoms with E-state index in [2.05, 4.69) is 6.92 Å². The minimum Gasteiger partial charge on any atom is -0.370 e. The summed E-state index contributed by atoms with van der Waals surface area (Å²) >= 11 is 0. The number of hydrogen-bond donors (Lipinski definition) is 2. The lowest BCUT2D eigenvalue weighted by Crippen LogP contribution is -2.28. The van der Waals surface area contributed by atoms with E-state index in [1.54, 1.807) is 0 Å². The summed E-state index contributed by atoms with van der Waals surface area (Å²) in [6.07, 6.45) is 19.1. The first-order valence-corrected chi connectivity index (χ1v) is 10.2. The van der Waals surface area contributed by atoms with Crippen molar-refractivity contribution >= 4 is 11.8 Å². The number of rotatable bonds is 18. The second-order valence-electron chi connectivity index (χ2n) is 7.15. The van der Waals surface area contributed by atoms with E-state index in [1.165, 1.54) is 77.0 Å². The van der Waals surface area contributed by atoms with Crippen LogP contribution in [-0.4, -0.2) is 11.8 Å². The predicted octanol–water partition coefficient (Wildman–Crippen LogP) is 4.83. The van der Waals surface area contributed by atoms with Gasteiger partial charge in [-0.15, -0.1) is 0 Å². The molecule has 4 N–H and O–H groups in total. The van der Waals surface area contributed by atoms with Gasteiger partial charge in [-0.25, -0.2) is 0 Å². The highest BCUT2D eigenvalue weighted by Gasteiger charge is 2.17. The van der Waals surface area contributed by atoms with Gasteiger partial charge in [0.05, 0.1) is 0 Å². The van der Waals surface area contributed by atoms with Gasteiger partial charge in [-0.05, 0) is 6.42 Å². The molecule has 0 saturated carbocycles. The molecule has 0 rings (SSSR count). The summed E-state index contributed by atoms with van der Waals surface area (Å²) in [5.41, 5.74) is 10.4. The van der Waals surface area contributed by atoms with Crippen LogP contribution in [0.25, 0.3) is 0 Å². The summed E-state index contributed by atoms with van der Waals surface area (Å²) in [5.74, 6) is -1.22. The van der Waals surface area contributed by atoms with Gasteiger partial charge in [0.1, 0.15) is 0 Å². The van der Waals surface area contributed by atoms with Crippen molar-refractivity contribution in [3.8, 4) is 0 Å². The highest BCUT2D eigenvalue weighted by atomic mass is 16.2. The van der Waals surface area contributed by atoms with Crippen molar-refractivity contribution in [1.29, 1.82) is 0 Å². The Balaban J connectivity index is 3.30. The van der Waals surface area contributed by atoms with Crippen LogP contribution in [0.3, 0.4) is 0 Å². The molecule has 0 aromatic heterocycles. The number of carbonyl (C=O) groups excluding carboxylic acids is 2. The number of carbonyl (C=O) groups is 2. The standard InChI is InChI=1S/C20H40N2O2/c1-2-3-4-5-6-7-8-9-10-11-12-13-14-15-16-18(20(22)24)17-19(21)23/h18H,2-17H2,1H3,(H2,21,23)(H2,22,24). The molecule has 2 amide bonds. The summed E-state index contributed by atoms with van der Waals surface area (Å²) < 4.78 is 0. The molecule has 0 aromatic carbocycles. The molecule has 4 nitrogen and oxygen atoms in total. The third-order valence-corrected chi connectivity index (χ3v) is 4.76. The Morgan fingerprint density at radius 2 is 1.04 bits per heavy atom. The van der Waals surface area contributed by atoms with Crippen LogP contribution >= 0.6 is 0 Å². The molecule has 0 aliphatic carbocycles. The smallest absolute Gasteiger partial charge is 0.221 e. The molecule has 0 aromatic rings. The van der Waals surface area contributed by atoms with Crippen LogP contribution in [0.15, 0.2) is 0 Å². The van der Waals surface area contributed by atoms with E-state index in [4.69, 9.17) is 11.5 Å². The molecule has 0 spiro atoms. The molecule has 0 heterocycles. The van der Waals surface area contributed by atoms with E-state index < -0.39 is 11.8 Å². The van der Waals surface area contributed by atoms with Crippen LogP contribution in [0.1, 0.15) is 110 Å². The molecule has 0 aliphatic rings. The third-order valence-electron chi connectivity index (χ3n) is 4.76. The first kappa shape index (κ1) is 22.9. The average Bonchev–Trinajstić information content (AvgIpc) is 2.53. The fourth-order valence-corrected chi connectivity index (χ4v) is 3.17. The zero-order chi connectivity index (χ0) is 18.0. The zero-order valence-electron chi connectivity index (χ0n) is 15.9. The van der Waals surface area contributed by atoms with Gasteiger partial charge < -0.3 is 11.5 Å². The fraction of sp³-hybridized carbons (Fsp3) is 0.900. The van der Waals surface area contributed by atoms with E-state index in [1.807, 2.05) is 0 Å². The highest BCUT2D eigenvalue weighted by molar-refractivity contribution is 5.83. The van der Waals surface area contributed by atoms with Gasteiger partial charge in [-0.1, -0.05) is 96.8 Å². The van der Waals surface area contributed by atoms with Crippen LogP contribution < -0.4 is 11.5 Å². The molecule has 0 bridgehead atoms. The van der Waals surface area contributed by atoms with Crippen LogP contribution in [0.4, 0.5) is 0 Å². The SMILES string of the molecule is CCCCCCCCCCCCCCCCC(CC(N)=O)C(N)=O. The van der Waals surface area contributed by atoms with Crippen molar-refractivity contribution in [2.24, 2.45) is 17.4 Å². The topological polar surface area (TPSA) is 86.2 Å². The molecule has 1 unspecified atom stereocenters. The Hall–Kier alpha value is -1.06. The van der Waals surface area contributed by atoms with Gasteiger partial charge in [-0.2, -0.15) is 0 Å². The van der Waals surface area contributed by atoms with Crippen LogP contribution in [-0.2, 0) is 9.59 Å². The number of nitrogens with two attached hydrogens (primary N) is 2. The van der Waals surface area contributed by atoms with Crippen molar-refractivity contribution in [2.45, 2.75) is 110 Å². The van der Waals surface area contributed by atoms with Gasteiger partial charge in [0.25, 0.3) is 0 Å². The lowest BCUT2D eigenvalue weighted by Gasteiger charge is -2.10. The Morgan fingerprint density at radius 1 is 0.667 bits per heavy atom. The maximum atomic E-state index is 11.2. The Morgan fingerprint density at radius 3 is 1.38 bits per heavy atom. The minimum atomic E-state index is -0.441. The maximum absolute atomic E-state index is 11.2. The zero-order valence-corrected chi connectivity index (χ0v) is 15.9. The normalized spacial score (nSPS) is 12.2. The second kappa shape index (κ2) is 16.8. The van der Waals surface area contributed by atoms with Crippen LogP contribution in [0, 0.1) is 5.92 Å². The largest absolute Gasteiger partial charge is 0.370 e. The fourth-order valence-electron chi connectivity index (χ4n) is 3.17. The molecule has 1 atom stereocenters. The molecule has 0 aliphatic heterocycles. The van der Waals surface area contributed by atoms with Crippen LogP contribution in [0.5, 0.6) is 0 Å². The summed E-state index contributed by atoms with van der Waals surface area (Å²) in [6.45, 7) is 2.26. The predicted molar refractivity (Wildman–Crippen MR) is 101 cm³/mol. The Labute approximate surface area is 149 Å². The molecule has 0 radical (unpaired) electrons. The van der Waals surface area contributed by atoms with Gasteiger partial charge >= 0.3 is 0 Å². The van der Waals surface area contributed by atoms with E-state index >= 15 is 0 Å². The molecular weight excluding hydrogens is 300 g/mol. The average molecular weight is 341 g/mol. The Kier molecular flexibility index (Phi) is 16.0. The van der Waals surface area contributed by atoms with Crippen molar-refractivity contribution in [3.05, 3.63) is 0 Å². The second-order valence-corrected chi connectivity index (χ2v) is 7.15. The van der Waals surface area contributed by atoms with Crippen molar-refractivity contribution in [1.82, 2.24) is 0 Å².